The highest BCUT2D eigenvalue weighted by atomic mass is 35.5. The molecule has 1 atom stereocenters. The highest BCUT2D eigenvalue weighted by Crippen LogP contribution is 2.36. The van der Waals surface area contributed by atoms with Gasteiger partial charge < -0.3 is 4.42 Å². The molecule has 0 N–H and O–H groups in total. The smallest absolute Gasteiger partial charge is 0.249 e. The van der Waals surface area contributed by atoms with Crippen molar-refractivity contribution in [3.63, 3.8) is 0 Å². The van der Waals surface area contributed by atoms with Gasteiger partial charge >= 0.3 is 0 Å². The van der Waals surface area contributed by atoms with E-state index >= 15 is 0 Å². The molecule has 1 aliphatic rings. The van der Waals surface area contributed by atoms with E-state index in [4.69, 9.17) is 16.0 Å². The van der Waals surface area contributed by atoms with E-state index in [-0.39, 0.29) is 5.75 Å². The lowest BCUT2D eigenvalue weighted by molar-refractivity contribution is 0.332. The molecule has 0 amide bonds. The average Bonchev–Trinajstić information content (AvgIpc) is 3.34. The van der Waals surface area contributed by atoms with E-state index in [1.807, 2.05) is 6.07 Å². The van der Waals surface area contributed by atoms with Crippen LogP contribution >= 0.6 is 11.6 Å². The zero-order valence-electron chi connectivity index (χ0n) is 14.3. The van der Waals surface area contributed by atoms with E-state index in [1.165, 1.54) is 4.31 Å². The summed E-state index contributed by atoms with van der Waals surface area (Å²) >= 11 is 6.13. The van der Waals surface area contributed by atoms with Crippen LogP contribution in [0.2, 0.25) is 5.02 Å². The Kier molecular flexibility index (Phi) is 4.94. The minimum atomic E-state index is -3.58. The van der Waals surface area contributed by atoms with Crippen LogP contribution in [0.15, 0.2) is 53.2 Å². The summed E-state index contributed by atoms with van der Waals surface area (Å²) in [6.45, 7) is 0.419. The van der Waals surface area contributed by atoms with E-state index in [2.05, 4.69) is 15.2 Å². The van der Waals surface area contributed by atoms with Gasteiger partial charge in [-0.15, -0.1) is 10.2 Å². The minimum Gasteiger partial charge on any atom is -0.419 e. The maximum atomic E-state index is 13.0. The predicted molar refractivity (Wildman–Crippen MR) is 100 cm³/mol. The first-order valence-electron chi connectivity index (χ1n) is 8.51. The Morgan fingerprint density at radius 2 is 2.04 bits per heavy atom. The van der Waals surface area contributed by atoms with Gasteiger partial charge in [-0.2, -0.15) is 4.31 Å². The monoisotopic (exact) mass is 404 g/mol. The number of aromatic nitrogens is 3. The summed E-state index contributed by atoms with van der Waals surface area (Å²) < 4.78 is 33.2. The molecule has 0 radical (unpaired) electrons. The zero-order valence-corrected chi connectivity index (χ0v) is 15.9. The Morgan fingerprint density at radius 1 is 1.19 bits per heavy atom. The highest BCUT2D eigenvalue weighted by molar-refractivity contribution is 7.88. The molecule has 7 nitrogen and oxygen atoms in total. The highest BCUT2D eigenvalue weighted by Gasteiger charge is 2.38. The quantitative estimate of drug-likeness (QED) is 0.647. The van der Waals surface area contributed by atoms with Crippen molar-refractivity contribution >= 4 is 21.6 Å². The molecule has 1 unspecified atom stereocenters. The lowest BCUT2D eigenvalue weighted by Crippen LogP contribution is -2.32. The van der Waals surface area contributed by atoms with Gasteiger partial charge in [0.1, 0.15) is 6.04 Å². The van der Waals surface area contributed by atoms with E-state index in [1.54, 1.807) is 42.7 Å². The number of hydrogen-bond donors (Lipinski definition) is 0. The fraction of sp³-hybridized carbons (Fsp3) is 0.278. The standard InChI is InChI=1S/C18H17ClN4O3S/c19-15-7-2-1-5-14(15)12-27(24,25)23-10-4-8-16(23)18-22-21-17(26-18)13-6-3-9-20-11-13/h1-3,5-7,9,11,16H,4,8,10,12H2. The minimum absolute atomic E-state index is 0.160. The molecule has 0 saturated carbocycles. The van der Waals surface area contributed by atoms with Gasteiger partial charge in [-0.25, -0.2) is 8.42 Å². The van der Waals surface area contributed by atoms with Crippen molar-refractivity contribution in [3.8, 4) is 11.5 Å². The number of nitrogens with zero attached hydrogens (tertiary/aromatic N) is 4. The van der Waals surface area contributed by atoms with Gasteiger partial charge in [-0.1, -0.05) is 29.8 Å². The molecule has 140 valence electrons. The number of hydrogen-bond acceptors (Lipinski definition) is 6. The van der Waals surface area contributed by atoms with Gasteiger partial charge in [-0.3, -0.25) is 4.98 Å². The SMILES string of the molecule is O=S(=O)(Cc1ccccc1Cl)N1CCCC1c1nnc(-c2cccnc2)o1. The number of benzene rings is 1. The summed E-state index contributed by atoms with van der Waals surface area (Å²) in [5.41, 5.74) is 1.27. The third-order valence-electron chi connectivity index (χ3n) is 4.49. The molecular formula is C18H17ClN4O3S. The van der Waals surface area contributed by atoms with E-state index < -0.39 is 16.1 Å². The second-order valence-corrected chi connectivity index (χ2v) is 8.63. The summed E-state index contributed by atoms with van der Waals surface area (Å²) in [4.78, 5) is 4.03. The Bertz CT molecular complexity index is 1040. The van der Waals surface area contributed by atoms with Crippen molar-refractivity contribution in [2.45, 2.75) is 24.6 Å². The van der Waals surface area contributed by atoms with Gasteiger partial charge in [0.2, 0.25) is 21.8 Å². The van der Waals surface area contributed by atoms with Crippen LogP contribution in [0.25, 0.3) is 11.5 Å². The molecule has 1 aromatic carbocycles. The molecule has 1 fully saturated rings. The molecule has 4 rings (SSSR count). The topological polar surface area (TPSA) is 89.2 Å². The van der Waals surface area contributed by atoms with E-state index in [0.29, 0.717) is 40.9 Å². The molecular weight excluding hydrogens is 388 g/mol. The lowest BCUT2D eigenvalue weighted by Gasteiger charge is -2.21. The Morgan fingerprint density at radius 3 is 2.81 bits per heavy atom. The van der Waals surface area contributed by atoms with Crippen molar-refractivity contribution in [3.05, 3.63) is 65.3 Å². The second-order valence-electron chi connectivity index (χ2n) is 6.30. The molecule has 9 heteroatoms. The first-order valence-corrected chi connectivity index (χ1v) is 10.5. The van der Waals surface area contributed by atoms with Crippen molar-refractivity contribution in [1.29, 1.82) is 0 Å². The van der Waals surface area contributed by atoms with E-state index in [9.17, 15) is 8.42 Å². The predicted octanol–water partition coefficient (Wildman–Crippen LogP) is 3.45. The first-order chi connectivity index (χ1) is 13.0. The maximum absolute atomic E-state index is 13.0. The number of halogens is 1. The second kappa shape index (κ2) is 7.38. The number of sulfonamides is 1. The molecule has 1 saturated heterocycles. The van der Waals surface area contributed by atoms with Gasteiger partial charge in [0.15, 0.2) is 0 Å². The number of rotatable bonds is 5. The summed E-state index contributed by atoms with van der Waals surface area (Å²) in [5, 5.41) is 8.57. The van der Waals surface area contributed by atoms with E-state index in [0.717, 1.165) is 6.42 Å². The fourth-order valence-corrected chi connectivity index (χ4v) is 5.27. The van der Waals surface area contributed by atoms with Gasteiger partial charge in [0.05, 0.1) is 11.3 Å². The summed E-state index contributed by atoms with van der Waals surface area (Å²) in [6.07, 6.45) is 4.64. The van der Waals surface area contributed by atoms with Crippen LogP contribution in [0.5, 0.6) is 0 Å². The van der Waals surface area contributed by atoms with Crippen LogP contribution in [-0.2, 0) is 15.8 Å². The zero-order chi connectivity index (χ0) is 18.9. The van der Waals surface area contributed by atoms with Gasteiger partial charge in [0, 0.05) is 24.0 Å². The fourth-order valence-electron chi connectivity index (χ4n) is 3.19. The van der Waals surface area contributed by atoms with Crippen LogP contribution in [0.4, 0.5) is 0 Å². The van der Waals surface area contributed by atoms with Crippen molar-refractivity contribution < 1.29 is 12.8 Å². The van der Waals surface area contributed by atoms with Crippen LogP contribution in [0, 0.1) is 0 Å². The summed E-state index contributed by atoms with van der Waals surface area (Å²) in [7, 11) is -3.58. The van der Waals surface area contributed by atoms with Gasteiger partial charge in [-0.05, 0) is 36.6 Å². The third-order valence-corrected chi connectivity index (χ3v) is 6.69. The molecule has 0 spiro atoms. The van der Waals surface area contributed by atoms with Crippen molar-refractivity contribution in [2.24, 2.45) is 0 Å². The normalized spacial score (nSPS) is 18.0. The average molecular weight is 405 g/mol. The Labute approximate surface area is 162 Å². The van der Waals surface area contributed by atoms with Crippen LogP contribution in [0.3, 0.4) is 0 Å². The number of pyridine rings is 1. The molecule has 27 heavy (non-hydrogen) atoms. The van der Waals surface area contributed by atoms with Crippen LogP contribution < -0.4 is 0 Å². The van der Waals surface area contributed by atoms with Crippen molar-refractivity contribution in [2.75, 3.05) is 6.54 Å². The molecule has 2 aromatic heterocycles. The first kappa shape index (κ1) is 18.1. The Hall–Kier alpha value is -2.29. The largest absolute Gasteiger partial charge is 0.419 e. The van der Waals surface area contributed by atoms with Crippen molar-refractivity contribution in [1.82, 2.24) is 19.5 Å². The molecule has 1 aliphatic heterocycles. The lowest BCUT2D eigenvalue weighted by atomic mass is 10.2. The van der Waals surface area contributed by atoms with Gasteiger partial charge in [0.25, 0.3) is 0 Å². The molecule has 0 bridgehead atoms. The maximum Gasteiger partial charge on any atom is 0.249 e. The van der Waals surface area contributed by atoms with Crippen LogP contribution in [-0.4, -0.2) is 34.4 Å². The molecule has 3 heterocycles. The summed E-state index contributed by atoms with van der Waals surface area (Å²) in [6, 6.07) is 10.1. The molecule has 0 aliphatic carbocycles. The Balaban J connectivity index is 1.59. The molecule has 3 aromatic rings. The summed E-state index contributed by atoms with van der Waals surface area (Å²) in [5.74, 6) is 0.467. The van der Waals surface area contributed by atoms with Crippen LogP contribution in [0.1, 0.15) is 30.3 Å². The third kappa shape index (κ3) is 3.73.